The zero-order valence-electron chi connectivity index (χ0n) is 7.41. The Bertz CT molecular complexity index is 320. The Morgan fingerprint density at radius 2 is 2.38 bits per heavy atom. The second kappa shape index (κ2) is 3.93. The topological polar surface area (TPSA) is 12.9 Å². The quantitative estimate of drug-likeness (QED) is 0.622. The number of halogens is 1. The maximum atomic E-state index is 6.06. The van der Waals surface area contributed by atoms with Crippen molar-refractivity contribution in [2.45, 2.75) is 25.2 Å². The van der Waals surface area contributed by atoms with Crippen LogP contribution in [0.15, 0.2) is 30.6 Å². The molecule has 0 aromatic carbocycles. The van der Waals surface area contributed by atoms with Gasteiger partial charge in [0, 0.05) is 18.3 Å². The highest BCUT2D eigenvalue weighted by Gasteiger charge is 2.13. The molecule has 0 unspecified atom stereocenters. The summed E-state index contributed by atoms with van der Waals surface area (Å²) in [4.78, 5) is 3.98. The van der Waals surface area contributed by atoms with Crippen molar-refractivity contribution in [3.63, 3.8) is 0 Å². The first kappa shape index (κ1) is 8.76. The van der Waals surface area contributed by atoms with E-state index >= 15 is 0 Å². The molecule has 13 heavy (non-hydrogen) atoms. The molecule has 1 heterocycles. The first-order chi connectivity index (χ1) is 6.38. The maximum Gasteiger partial charge on any atom is 0.0627 e. The minimum Gasteiger partial charge on any atom is -0.263 e. The number of hydrogen-bond donors (Lipinski definition) is 0. The van der Waals surface area contributed by atoms with Gasteiger partial charge in [-0.05, 0) is 30.9 Å². The minimum atomic E-state index is 0.504. The van der Waals surface area contributed by atoms with E-state index in [4.69, 9.17) is 11.6 Å². The summed E-state index contributed by atoms with van der Waals surface area (Å²) in [6.07, 6.45) is 11.7. The molecule has 0 N–H and O–H groups in total. The fourth-order valence-electron chi connectivity index (χ4n) is 1.76. The van der Waals surface area contributed by atoms with Crippen molar-refractivity contribution in [2.24, 2.45) is 0 Å². The molecule has 2 rings (SSSR count). The average Bonchev–Trinajstić information content (AvgIpc) is 2.20. The zero-order chi connectivity index (χ0) is 9.10. The van der Waals surface area contributed by atoms with Crippen molar-refractivity contribution in [1.29, 1.82) is 0 Å². The number of rotatable bonds is 1. The summed E-state index contributed by atoms with van der Waals surface area (Å²) in [5, 5.41) is 0.791. The van der Waals surface area contributed by atoms with Gasteiger partial charge in [0.05, 0.1) is 5.02 Å². The lowest BCUT2D eigenvalue weighted by molar-refractivity contribution is 0.654. The van der Waals surface area contributed by atoms with E-state index in [9.17, 15) is 0 Å². The molecule has 0 spiro atoms. The highest BCUT2D eigenvalue weighted by Crippen LogP contribution is 2.31. The maximum absolute atomic E-state index is 6.06. The largest absolute Gasteiger partial charge is 0.263 e. The number of pyridine rings is 1. The Morgan fingerprint density at radius 3 is 3.08 bits per heavy atom. The van der Waals surface area contributed by atoms with Gasteiger partial charge in [0.25, 0.3) is 0 Å². The molecule has 1 aliphatic carbocycles. The first-order valence-electron chi connectivity index (χ1n) is 4.64. The van der Waals surface area contributed by atoms with E-state index in [1.165, 1.54) is 24.8 Å². The summed E-state index contributed by atoms with van der Waals surface area (Å²) in [5.41, 5.74) is 1.22. The second-order valence-electron chi connectivity index (χ2n) is 3.36. The van der Waals surface area contributed by atoms with Crippen LogP contribution < -0.4 is 0 Å². The molecule has 0 saturated heterocycles. The molecule has 68 valence electrons. The summed E-state index contributed by atoms with van der Waals surface area (Å²) >= 11 is 6.06. The van der Waals surface area contributed by atoms with Crippen molar-refractivity contribution >= 4 is 11.6 Å². The molecular weight excluding hydrogens is 182 g/mol. The van der Waals surface area contributed by atoms with Crippen LogP contribution in [-0.4, -0.2) is 4.98 Å². The zero-order valence-corrected chi connectivity index (χ0v) is 8.17. The molecule has 1 aromatic heterocycles. The Labute approximate surface area is 83.4 Å². The number of hydrogen-bond acceptors (Lipinski definition) is 1. The van der Waals surface area contributed by atoms with E-state index in [0.29, 0.717) is 5.92 Å². The lowest BCUT2D eigenvalue weighted by atomic mass is 9.90. The predicted molar refractivity (Wildman–Crippen MR) is 55.0 cm³/mol. The van der Waals surface area contributed by atoms with Crippen molar-refractivity contribution < 1.29 is 0 Å². The highest BCUT2D eigenvalue weighted by molar-refractivity contribution is 6.31. The predicted octanol–water partition coefficient (Wildman–Crippen LogP) is 3.56. The van der Waals surface area contributed by atoms with Gasteiger partial charge in [0.1, 0.15) is 0 Å². The van der Waals surface area contributed by atoms with Gasteiger partial charge >= 0.3 is 0 Å². The smallest absolute Gasteiger partial charge is 0.0627 e. The third kappa shape index (κ3) is 1.92. The molecule has 1 aromatic rings. The summed E-state index contributed by atoms with van der Waals surface area (Å²) < 4.78 is 0. The Morgan fingerprint density at radius 1 is 1.46 bits per heavy atom. The lowest BCUT2D eigenvalue weighted by Crippen LogP contribution is -2.00. The van der Waals surface area contributed by atoms with E-state index in [-0.39, 0.29) is 0 Å². The normalized spacial score (nSPS) is 21.8. The van der Waals surface area contributed by atoms with Crippen LogP contribution in [0, 0.1) is 0 Å². The van der Waals surface area contributed by atoms with E-state index < -0.39 is 0 Å². The summed E-state index contributed by atoms with van der Waals surface area (Å²) in [6, 6.07) is 2.02. The Hall–Kier alpha value is -0.820. The van der Waals surface area contributed by atoms with Crippen molar-refractivity contribution in [3.05, 3.63) is 41.2 Å². The molecule has 1 aliphatic rings. The molecule has 1 nitrogen and oxygen atoms in total. The van der Waals surface area contributed by atoms with Gasteiger partial charge in [0.2, 0.25) is 0 Å². The van der Waals surface area contributed by atoms with Crippen LogP contribution in [0.5, 0.6) is 0 Å². The first-order valence-corrected chi connectivity index (χ1v) is 5.02. The van der Waals surface area contributed by atoms with Crippen LogP contribution in [0.2, 0.25) is 5.02 Å². The van der Waals surface area contributed by atoms with Crippen LogP contribution in [0.1, 0.15) is 30.7 Å². The molecule has 0 radical (unpaired) electrons. The van der Waals surface area contributed by atoms with Gasteiger partial charge in [-0.2, -0.15) is 0 Å². The summed E-state index contributed by atoms with van der Waals surface area (Å²) in [6.45, 7) is 0. The monoisotopic (exact) mass is 193 g/mol. The van der Waals surface area contributed by atoms with Gasteiger partial charge < -0.3 is 0 Å². The Balaban J connectivity index is 2.29. The van der Waals surface area contributed by atoms with Crippen molar-refractivity contribution in [2.75, 3.05) is 0 Å². The van der Waals surface area contributed by atoms with Crippen LogP contribution in [0.3, 0.4) is 0 Å². The molecule has 2 heteroatoms. The van der Waals surface area contributed by atoms with Crippen LogP contribution in [0.25, 0.3) is 0 Å². The van der Waals surface area contributed by atoms with Crippen LogP contribution in [0.4, 0.5) is 0 Å². The second-order valence-corrected chi connectivity index (χ2v) is 3.77. The number of allylic oxidation sites excluding steroid dienone is 2. The Kier molecular flexibility index (Phi) is 2.65. The van der Waals surface area contributed by atoms with E-state index in [2.05, 4.69) is 17.1 Å². The molecule has 1 atom stereocenters. The van der Waals surface area contributed by atoms with E-state index in [1.54, 1.807) is 6.20 Å². The molecule has 0 saturated carbocycles. The minimum absolute atomic E-state index is 0.504. The molecule has 0 bridgehead atoms. The molecule has 0 fully saturated rings. The van der Waals surface area contributed by atoms with Gasteiger partial charge in [0.15, 0.2) is 0 Å². The van der Waals surface area contributed by atoms with E-state index in [1.807, 2.05) is 12.3 Å². The highest BCUT2D eigenvalue weighted by atomic mass is 35.5. The summed E-state index contributed by atoms with van der Waals surface area (Å²) in [7, 11) is 0. The van der Waals surface area contributed by atoms with Gasteiger partial charge in [-0.1, -0.05) is 23.8 Å². The van der Waals surface area contributed by atoms with Crippen molar-refractivity contribution in [1.82, 2.24) is 4.98 Å². The van der Waals surface area contributed by atoms with Crippen molar-refractivity contribution in [3.8, 4) is 0 Å². The average molecular weight is 194 g/mol. The van der Waals surface area contributed by atoms with Gasteiger partial charge in [-0.15, -0.1) is 0 Å². The molecule has 0 amide bonds. The SMILES string of the molecule is Clc1cnccc1[C@H]1C=CCCC1. The summed E-state index contributed by atoms with van der Waals surface area (Å²) in [5.74, 6) is 0.504. The van der Waals surface area contributed by atoms with Gasteiger partial charge in [-0.3, -0.25) is 4.98 Å². The standard InChI is InChI=1S/C11H12ClN/c12-11-8-13-7-6-10(11)9-4-2-1-3-5-9/h2,4,6-9H,1,3,5H2/t9-/m0/s1. The number of nitrogens with zero attached hydrogens (tertiary/aromatic N) is 1. The third-order valence-corrected chi connectivity index (χ3v) is 2.77. The molecule has 0 aliphatic heterocycles. The van der Waals surface area contributed by atoms with Crippen LogP contribution in [-0.2, 0) is 0 Å². The lowest BCUT2D eigenvalue weighted by Gasteiger charge is -2.17. The fourth-order valence-corrected chi connectivity index (χ4v) is 2.02. The third-order valence-electron chi connectivity index (χ3n) is 2.46. The van der Waals surface area contributed by atoms with Crippen LogP contribution >= 0.6 is 11.6 Å². The molecular formula is C11H12ClN. The fraction of sp³-hybridized carbons (Fsp3) is 0.364. The van der Waals surface area contributed by atoms with E-state index in [0.717, 1.165) is 5.02 Å². The van der Waals surface area contributed by atoms with Gasteiger partial charge in [-0.25, -0.2) is 0 Å². The number of aromatic nitrogens is 1.